The van der Waals surface area contributed by atoms with Gasteiger partial charge in [0, 0.05) is 16.7 Å². The van der Waals surface area contributed by atoms with Crippen molar-refractivity contribution in [2.24, 2.45) is 0 Å². The molecule has 0 bridgehead atoms. The number of anilines is 1. The van der Waals surface area contributed by atoms with Gasteiger partial charge >= 0.3 is 5.97 Å². The van der Waals surface area contributed by atoms with E-state index in [1.54, 1.807) is 11.3 Å². The van der Waals surface area contributed by atoms with E-state index in [2.05, 4.69) is 26.5 Å². The Labute approximate surface area is 132 Å². The topological polar surface area (TPSA) is 51.2 Å². The smallest absolute Gasteiger partial charge is 0.305 e. The van der Waals surface area contributed by atoms with E-state index in [4.69, 9.17) is 0 Å². The van der Waals surface area contributed by atoms with Crippen LogP contribution in [0.25, 0.3) is 0 Å². The van der Waals surface area contributed by atoms with E-state index in [1.165, 1.54) is 30.4 Å². The molecular formula is C15H18N2O2S2. The lowest BCUT2D eigenvalue weighted by atomic mass is 9.94. The van der Waals surface area contributed by atoms with Gasteiger partial charge in [-0.05, 0) is 36.3 Å². The fraction of sp³-hybridized carbons (Fsp3) is 0.467. The van der Waals surface area contributed by atoms with E-state index in [9.17, 15) is 4.79 Å². The average Bonchev–Trinajstić information content (AvgIpc) is 3.14. The molecule has 1 N–H and O–H groups in total. The summed E-state index contributed by atoms with van der Waals surface area (Å²) in [7, 11) is 1.41. The van der Waals surface area contributed by atoms with Gasteiger partial charge < -0.3 is 10.1 Å². The van der Waals surface area contributed by atoms with Crippen molar-refractivity contribution >= 4 is 33.8 Å². The summed E-state index contributed by atoms with van der Waals surface area (Å²) in [6.07, 6.45) is 4.61. The molecule has 1 aliphatic carbocycles. The van der Waals surface area contributed by atoms with Crippen LogP contribution in [-0.4, -0.2) is 18.1 Å². The second kappa shape index (κ2) is 6.58. The Morgan fingerprint density at radius 3 is 3.29 bits per heavy atom. The number of rotatable bonds is 5. The van der Waals surface area contributed by atoms with Crippen molar-refractivity contribution in [2.45, 2.75) is 38.1 Å². The van der Waals surface area contributed by atoms with Gasteiger partial charge in [0.1, 0.15) is 0 Å². The Morgan fingerprint density at radius 2 is 2.43 bits per heavy atom. The number of methoxy groups -OCH3 is 1. The molecule has 0 amide bonds. The van der Waals surface area contributed by atoms with Gasteiger partial charge in [-0.3, -0.25) is 4.79 Å². The molecule has 0 fully saturated rings. The number of thiophene rings is 1. The lowest BCUT2D eigenvalue weighted by molar-refractivity contribution is -0.140. The first-order valence-corrected chi connectivity index (χ1v) is 8.86. The second-order valence-corrected chi connectivity index (χ2v) is 6.97. The zero-order valence-electron chi connectivity index (χ0n) is 11.9. The highest BCUT2D eigenvalue weighted by molar-refractivity contribution is 7.13. The van der Waals surface area contributed by atoms with Crippen LogP contribution in [0.15, 0.2) is 16.8 Å². The maximum absolute atomic E-state index is 11.2. The first-order valence-electron chi connectivity index (χ1n) is 7.10. The van der Waals surface area contributed by atoms with Crippen molar-refractivity contribution in [3.63, 3.8) is 0 Å². The molecule has 1 atom stereocenters. The number of ether oxygens (including phenoxy) is 1. The van der Waals surface area contributed by atoms with Gasteiger partial charge in [0.15, 0.2) is 5.13 Å². The summed E-state index contributed by atoms with van der Waals surface area (Å²) in [5, 5.41) is 8.68. The van der Waals surface area contributed by atoms with E-state index in [0.717, 1.165) is 17.2 Å². The standard InChI is InChI=1S/C15H18N2O2S2/c1-19-14(18)6-5-10-9-21-15(16-10)17-12-3-2-4-13-11(12)7-8-20-13/h7-9,12H,2-6H2,1H3,(H,16,17). The average molecular weight is 322 g/mol. The van der Waals surface area contributed by atoms with Crippen molar-refractivity contribution < 1.29 is 9.53 Å². The van der Waals surface area contributed by atoms with Crippen LogP contribution in [0.5, 0.6) is 0 Å². The van der Waals surface area contributed by atoms with Gasteiger partial charge in [-0.2, -0.15) is 0 Å². The molecule has 0 aliphatic heterocycles. The minimum Gasteiger partial charge on any atom is -0.469 e. The summed E-state index contributed by atoms with van der Waals surface area (Å²) in [4.78, 5) is 17.2. The molecule has 112 valence electrons. The van der Waals surface area contributed by atoms with Crippen LogP contribution in [0.2, 0.25) is 0 Å². The van der Waals surface area contributed by atoms with Crippen LogP contribution >= 0.6 is 22.7 Å². The first-order chi connectivity index (χ1) is 10.3. The number of carbonyl (C=O) groups is 1. The summed E-state index contributed by atoms with van der Waals surface area (Å²) < 4.78 is 4.65. The number of nitrogens with one attached hydrogen (secondary N) is 1. The molecule has 0 saturated carbocycles. The molecule has 3 rings (SSSR count). The van der Waals surface area contributed by atoms with Crippen molar-refractivity contribution in [1.29, 1.82) is 0 Å². The van der Waals surface area contributed by atoms with Crippen molar-refractivity contribution in [3.05, 3.63) is 33.0 Å². The molecule has 2 heterocycles. The van der Waals surface area contributed by atoms with Crippen molar-refractivity contribution in [1.82, 2.24) is 4.98 Å². The molecule has 6 heteroatoms. The van der Waals surface area contributed by atoms with E-state index in [-0.39, 0.29) is 5.97 Å². The zero-order chi connectivity index (χ0) is 14.7. The Bertz CT molecular complexity index is 621. The van der Waals surface area contributed by atoms with Gasteiger partial charge in [-0.15, -0.1) is 22.7 Å². The quantitative estimate of drug-likeness (QED) is 0.851. The summed E-state index contributed by atoms with van der Waals surface area (Å²) in [5.41, 5.74) is 2.38. The third-order valence-electron chi connectivity index (χ3n) is 3.71. The number of nitrogens with zero attached hydrogens (tertiary/aromatic N) is 1. The van der Waals surface area contributed by atoms with E-state index < -0.39 is 0 Å². The highest BCUT2D eigenvalue weighted by Crippen LogP contribution is 2.36. The van der Waals surface area contributed by atoms with Crippen LogP contribution < -0.4 is 5.32 Å². The van der Waals surface area contributed by atoms with E-state index >= 15 is 0 Å². The number of hydrogen-bond donors (Lipinski definition) is 1. The van der Waals surface area contributed by atoms with Gasteiger partial charge in [0.2, 0.25) is 0 Å². The number of aromatic nitrogens is 1. The Morgan fingerprint density at radius 1 is 1.52 bits per heavy atom. The monoisotopic (exact) mass is 322 g/mol. The molecule has 0 radical (unpaired) electrons. The number of aryl methyl sites for hydroxylation is 2. The molecule has 21 heavy (non-hydrogen) atoms. The first kappa shape index (κ1) is 14.5. The predicted molar refractivity (Wildman–Crippen MR) is 86.1 cm³/mol. The fourth-order valence-electron chi connectivity index (χ4n) is 2.61. The summed E-state index contributed by atoms with van der Waals surface area (Å²) in [6.45, 7) is 0. The van der Waals surface area contributed by atoms with E-state index in [0.29, 0.717) is 18.9 Å². The van der Waals surface area contributed by atoms with Crippen molar-refractivity contribution in [2.75, 3.05) is 12.4 Å². The van der Waals surface area contributed by atoms with Crippen LogP contribution in [-0.2, 0) is 22.4 Å². The molecule has 2 aromatic rings. The maximum atomic E-state index is 11.2. The molecule has 1 aliphatic rings. The van der Waals surface area contributed by atoms with Gasteiger partial charge in [0.25, 0.3) is 0 Å². The largest absolute Gasteiger partial charge is 0.469 e. The zero-order valence-corrected chi connectivity index (χ0v) is 13.6. The van der Waals surface area contributed by atoms with Gasteiger partial charge in [-0.25, -0.2) is 4.98 Å². The lowest BCUT2D eigenvalue weighted by Gasteiger charge is -2.23. The van der Waals surface area contributed by atoms with Crippen LogP contribution in [0.1, 0.15) is 41.4 Å². The minimum atomic E-state index is -0.187. The molecule has 4 nitrogen and oxygen atoms in total. The Hall–Kier alpha value is -1.40. The van der Waals surface area contributed by atoms with Gasteiger partial charge in [0.05, 0.1) is 25.3 Å². The number of fused-ring (bicyclic) bond motifs is 1. The highest BCUT2D eigenvalue weighted by atomic mass is 32.1. The van der Waals surface area contributed by atoms with Crippen LogP contribution in [0, 0.1) is 0 Å². The normalized spacial score (nSPS) is 17.3. The third-order valence-corrected chi connectivity index (χ3v) is 5.53. The molecule has 2 aromatic heterocycles. The van der Waals surface area contributed by atoms with Crippen LogP contribution in [0.4, 0.5) is 5.13 Å². The highest BCUT2D eigenvalue weighted by Gasteiger charge is 2.21. The van der Waals surface area contributed by atoms with Crippen LogP contribution in [0.3, 0.4) is 0 Å². The molecule has 0 aromatic carbocycles. The predicted octanol–water partition coefficient (Wildman–Crippen LogP) is 3.80. The maximum Gasteiger partial charge on any atom is 0.305 e. The van der Waals surface area contributed by atoms with E-state index in [1.807, 2.05) is 16.7 Å². The minimum absolute atomic E-state index is 0.187. The molecular weight excluding hydrogens is 304 g/mol. The third kappa shape index (κ3) is 3.44. The number of thiazole rings is 1. The Kier molecular flexibility index (Phi) is 4.55. The second-order valence-electron chi connectivity index (χ2n) is 5.11. The van der Waals surface area contributed by atoms with Crippen molar-refractivity contribution in [3.8, 4) is 0 Å². The SMILES string of the molecule is COC(=O)CCc1csc(NC2CCCc3sccc32)n1. The number of hydrogen-bond acceptors (Lipinski definition) is 6. The number of carbonyl (C=O) groups excluding carboxylic acids is 1. The molecule has 0 spiro atoms. The summed E-state index contributed by atoms with van der Waals surface area (Å²) in [5.74, 6) is -0.187. The fourth-order valence-corrected chi connectivity index (χ4v) is 4.39. The molecule has 0 saturated heterocycles. The molecule has 1 unspecified atom stereocenters. The number of esters is 1. The summed E-state index contributed by atoms with van der Waals surface area (Å²) >= 11 is 3.46. The van der Waals surface area contributed by atoms with Gasteiger partial charge in [-0.1, -0.05) is 0 Å². The Balaban J connectivity index is 1.62. The summed E-state index contributed by atoms with van der Waals surface area (Å²) in [6, 6.07) is 2.60. The lowest BCUT2D eigenvalue weighted by Crippen LogP contribution is -2.15.